The number of carbonyl (C=O) groups excluding carboxylic acids is 2. The van der Waals surface area contributed by atoms with Crippen LogP contribution in [-0.4, -0.2) is 57.8 Å². The number of likely N-dealkylation sites (tertiary alicyclic amines) is 1. The lowest BCUT2D eigenvalue weighted by atomic mass is 9.98. The molecular weight excluding hydrogens is 412 g/mol. The summed E-state index contributed by atoms with van der Waals surface area (Å²) >= 11 is 0. The summed E-state index contributed by atoms with van der Waals surface area (Å²) in [5.41, 5.74) is 0.519. The number of aromatic amines is 1. The van der Waals surface area contributed by atoms with Gasteiger partial charge >= 0.3 is 5.97 Å². The number of benzene rings is 1. The van der Waals surface area contributed by atoms with Crippen molar-refractivity contribution in [2.75, 3.05) is 19.7 Å². The van der Waals surface area contributed by atoms with Crippen LogP contribution in [0, 0.1) is 5.92 Å². The third kappa shape index (κ3) is 6.15. The van der Waals surface area contributed by atoms with Gasteiger partial charge in [0, 0.05) is 31.5 Å². The molecule has 0 saturated carbocycles. The fourth-order valence-electron chi connectivity index (χ4n) is 3.68. The lowest BCUT2D eigenvalue weighted by Crippen LogP contribution is -2.43. The third-order valence-corrected chi connectivity index (χ3v) is 5.21. The number of nitrogens with zero attached hydrogens (tertiary/aromatic N) is 3. The van der Waals surface area contributed by atoms with Crippen LogP contribution < -0.4 is 10.3 Å². The van der Waals surface area contributed by atoms with Gasteiger partial charge in [-0.1, -0.05) is 12.1 Å². The molecule has 9 nitrogen and oxygen atoms in total. The van der Waals surface area contributed by atoms with E-state index in [-0.39, 0.29) is 48.0 Å². The van der Waals surface area contributed by atoms with E-state index in [1.807, 2.05) is 32.0 Å². The fourth-order valence-corrected chi connectivity index (χ4v) is 3.68. The molecule has 9 heteroatoms. The summed E-state index contributed by atoms with van der Waals surface area (Å²) in [5.74, 6) is 0.365. The molecule has 3 rings (SSSR count). The minimum absolute atomic E-state index is 0.0303. The Balaban J connectivity index is 1.61. The molecule has 2 aromatic rings. The SMILES string of the molecule is CCOC(=O)C1CCCN(C(=O)CCc2nnc(-c3cccc(OC(C)C)c3)[nH]c2=O)C1. The van der Waals surface area contributed by atoms with E-state index in [2.05, 4.69) is 15.2 Å². The van der Waals surface area contributed by atoms with E-state index in [0.717, 1.165) is 12.8 Å². The van der Waals surface area contributed by atoms with Crippen LogP contribution in [0.4, 0.5) is 0 Å². The van der Waals surface area contributed by atoms with E-state index in [1.165, 1.54) is 0 Å². The second-order valence-corrected chi connectivity index (χ2v) is 8.07. The first-order valence-electron chi connectivity index (χ1n) is 11.0. The minimum atomic E-state index is -0.374. The summed E-state index contributed by atoms with van der Waals surface area (Å²) in [6.45, 7) is 6.92. The summed E-state index contributed by atoms with van der Waals surface area (Å²) in [6.07, 6.45) is 1.81. The Morgan fingerprint density at radius 1 is 1.28 bits per heavy atom. The number of rotatable bonds is 8. The number of amides is 1. The van der Waals surface area contributed by atoms with Crippen molar-refractivity contribution in [1.29, 1.82) is 0 Å². The summed E-state index contributed by atoms with van der Waals surface area (Å²) in [6, 6.07) is 7.26. The predicted molar refractivity (Wildman–Crippen MR) is 118 cm³/mol. The normalized spacial score (nSPS) is 16.1. The van der Waals surface area contributed by atoms with Gasteiger partial charge in [-0.2, -0.15) is 0 Å². The van der Waals surface area contributed by atoms with E-state index in [0.29, 0.717) is 36.8 Å². The standard InChI is InChI=1S/C23H30N4O5/c1-4-31-23(30)17-8-6-12-27(14-17)20(28)11-10-19-22(29)24-21(26-25-19)16-7-5-9-18(13-16)32-15(2)3/h5,7,9,13,15,17H,4,6,8,10-12,14H2,1-3H3,(H,24,26,29). The third-order valence-electron chi connectivity index (χ3n) is 5.21. The second kappa shape index (κ2) is 10.9. The fraction of sp³-hybridized carbons (Fsp3) is 0.522. The summed E-state index contributed by atoms with van der Waals surface area (Å²) < 4.78 is 10.8. The Morgan fingerprint density at radius 2 is 2.09 bits per heavy atom. The number of carbonyl (C=O) groups is 2. The number of hydrogen-bond donors (Lipinski definition) is 1. The van der Waals surface area contributed by atoms with E-state index in [9.17, 15) is 14.4 Å². The molecule has 1 amide bonds. The van der Waals surface area contributed by atoms with Gasteiger partial charge in [-0.25, -0.2) is 0 Å². The highest BCUT2D eigenvalue weighted by Gasteiger charge is 2.29. The Morgan fingerprint density at radius 3 is 2.81 bits per heavy atom. The molecule has 172 valence electrons. The molecule has 0 radical (unpaired) electrons. The lowest BCUT2D eigenvalue weighted by molar-refractivity contribution is -0.151. The first-order chi connectivity index (χ1) is 15.4. The Bertz CT molecular complexity index is 1000. The summed E-state index contributed by atoms with van der Waals surface area (Å²) in [4.78, 5) is 41.5. The first kappa shape index (κ1) is 23.4. The molecule has 1 unspecified atom stereocenters. The molecule has 1 aromatic carbocycles. The molecule has 0 aliphatic carbocycles. The Labute approximate surface area is 187 Å². The van der Waals surface area contributed by atoms with Crippen molar-refractivity contribution >= 4 is 11.9 Å². The van der Waals surface area contributed by atoms with Crippen molar-refractivity contribution in [2.24, 2.45) is 5.92 Å². The van der Waals surface area contributed by atoms with Crippen LogP contribution >= 0.6 is 0 Å². The maximum Gasteiger partial charge on any atom is 0.310 e. The zero-order valence-corrected chi connectivity index (χ0v) is 18.8. The first-order valence-corrected chi connectivity index (χ1v) is 11.0. The van der Waals surface area contributed by atoms with Crippen molar-refractivity contribution in [3.05, 3.63) is 40.3 Å². The monoisotopic (exact) mass is 442 g/mol. The number of H-pyrrole nitrogens is 1. The second-order valence-electron chi connectivity index (χ2n) is 8.07. The molecule has 1 N–H and O–H groups in total. The highest BCUT2D eigenvalue weighted by molar-refractivity contribution is 5.78. The van der Waals surface area contributed by atoms with E-state index < -0.39 is 0 Å². The predicted octanol–water partition coefficient (Wildman–Crippen LogP) is 2.35. The van der Waals surface area contributed by atoms with Gasteiger partial charge in [0.2, 0.25) is 5.91 Å². The molecule has 1 aromatic heterocycles. The van der Waals surface area contributed by atoms with E-state index in [4.69, 9.17) is 9.47 Å². The maximum absolute atomic E-state index is 12.6. The van der Waals surface area contributed by atoms with Gasteiger partial charge in [-0.15, -0.1) is 10.2 Å². The number of aryl methyl sites for hydroxylation is 1. The number of aromatic nitrogens is 3. The molecular formula is C23H30N4O5. The number of ether oxygens (including phenoxy) is 2. The van der Waals surface area contributed by atoms with Gasteiger partial charge in [0.1, 0.15) is 11.4 Å². The maximum atomic E-state index is 12.6. The van der Waals surface area contributed by atoms with Crippen molar-refractivity contribution in [3.63, 3.8) is 0 Å². The van der Waals surface area contributed by atoms with Crippen molar-refractivity contribution in [2.45, 2.75) is 52.6 Å². The van der Waals surface area contributed by atoms with Crippen LogP contribution in [0.3, 0.4) is 0 Å². The van der Waals surface area contributed by atoms with Crippen LogP contribution in [0.2, 0.25) is 0 Å². The van der Waals surface area contributed by atoms with Crippen molar-refractivity contribution in [3.8, 4) is 17.1 Å². The van der Waals surface area contributed by atoms with Crippen LogP contribution in [-0.2, 0) is 20.7 Å². The molecule has 1 aliphatic heterocycles. The van der Waals surface area contributed by atoms with E-state index in [1.54, 1.807) is 17.9 Å². The molecule has 1 atom stereocenters. The van der Waals surface area contributed by atoms with Crippen LogP contribution in [0.5, 0.6) is 5.75 Å². The number of piperidine rings is 1. The minimum Gasteiger partial charge on any atom is -0.491 e. The largest absolute Gasteiger partial charge is 0.491 e. The molecule has 1 fully saturated rings. The van der Waals surface area contributed by atoms with Crippen LogP contribution in [0.15, 0.2) is 29.1 Å². The average Bonchev–Trinajstić information content (AvgIpc) is 2.78. The van der Waals surface area contributed by atoms with Gasteiger partial charge in [0.05, 0.1) is 18.6 Å². The topological polar surface area (TPSA) is 114 Å². The molecule has 2 heterocycles. The van der Waals surface area contributed by atoms with Gasteiger partial charge in [-0.05, 0) is 45.7 Å². The average molecular weight is 443 g/mol. The molecule has 32 heavy (non-hydrogen) atoms. The van der Waals surface area contributed by atoms with Crippen molar-refractivity contribution < 1.29 is 19.1 Å². The zero-order valence-electron chi connectivity index (χ0n) is 18.8. The van der Waals surface area contributed by atoms with Gasteiger partial charge in [0.25, 0.3) is 5.56 Å². The van der Waals surface area contributed by atoms with Crippen LogP contribution in [0.25, 0.3) is 11.4 Å². The molecule has 0 spiro atoms. The Hall–Kier alpha value is -3.23. The lowest BCUT2D eigenvalue weighted by Gasteiger charge is -2.31. The van der Waals surface area contributed by atoms with Gasteiger partial charge < -0.3 is 19.4 Å². The molecule has 0 bridgehead atoms. The Kier molecular flexibility index (Phi) is 7.97. The quantitative estimate of drug-likeness (QED) is 0.624. The highest BCUT2D eigenvalue weighted by atomic mass is 16.5. The number of esters is 1. The summed E-state index contributed by atoms with van der Waals surface area (Å²) in [7, 11) is 0. The van der Waals surface area contributed by atoms with Gasteiger partial charge in [-0.3, -0.25) is 14.4 Å². The van der Waals surface area contributed by atoms with Crippen molar-refractivity contribution in [1.82, 2.24) is 20.1 Å². The number of hydrogen-bond acceptors (Lipinski definition) is 7. The van der Waals surface area contributed by atoms with Gasteiger partial charge in [0.15, 0.2) is 5.82 Å². The summed E-state index contributed by atoms with van der Waals surface area (Å²) in [5, 5.41) is 8.18. The smallest absolute Gasteiger partial charge is 0.310 e. The highest BCUT2D eigenvalue weighted by Crippen LogP contribution is 2.21. The zero-order chi connectivity index (χ0) is 23.1. The molecule has 1 saturated heterocycles. The van der Waals surface area contributed by atoms with Crippen LogP contribution in [0.1, 0.15) is 45.7 Å². The number of nitrogens with one attached hydrogen (secondary N) is 1. The molecule has 1 aliphatic rings. The van der Waals surface area contributed by atoms with E-state index >= 15 is 0 Å².